The second-order valence-electron chi connectivity index (χ2n) is 7.16. The zero-order valence-electron chi connectivity index (χ0n) is 17.8. The van der Waals surface area contributed by atoms with Crippen LogP contribution in [0.2, 0.25) is 5.02 Å². The molecule has 1 fully saturated rings. The van der Waals surface area contributed by atoms with Crippen molar-refractivity contribution in [2.24, 2.45) is 0 Å². The maximum Gasteiger partial charge on any atom is 0.371 e. The summed E-state index contributed by atoms with van der Waals surface area (Å²) in [7, 11) is 1.47. The number of imide groups is 1. The van der Waals surface area contributed by atoms with Crippen molar-refractivity contribution in [3.05, 3.63) is 87.2 Å². The van der Waals surface area contributed by atoms with E-state index in [1.165, 1.54) is 24.1 Å². The van der Waals surface area contributed by atoms with Crippen LogP contribution >= 0.6 is 23.4 Å². The number of hydrogen-bond donors (Lipinski definition) is 1. The number of furan rings is 1. The molecule has 4 rings (SSSR count). The second kappa shape index (κ2) is 10.1. The van der Waals surface area contributed by atoms with Crippen LogP contribution in [0.5, 0.6) is 11.5 Å². The molecule has 1 N–H and O–H groups in total. The maximum absolute atomic E-state index is 12.8. The lowest BCUT2D eigenvalue weighted by molar-refractivity contribution is -0.123. The molecule has 1 saturated heterocycles. The smallest absolute Gasteiger partial charge is 0.371 e. The van der Waals surface area contributed by atoms with Crippen molar-refractivity contribution in [2.45, 2.75) is 13.2 Å². The van der Waals surface area contributed by atoms with Crippen LogP contribution in [0.25, 0.3) is 6.08 Å². The van der Waals surface area contributed by atoms with Gasteiger partial charge in [-0.25, -0.2) is 4.79 Å². The number of carbonyl (C=O) groups is 3. The van der Waals surface area contributed by atoms with E-state index in [1.807, 2.05) is 0 Å². The summed E-state index contributed by atoms with van der Waals surface area (Å²) in [6.07, 6.45) is 1.62. The lowest BCUT2D eigenvalue weighted by atomic mass is 10.1. The highest BCUT2D eigenvalue weighted by molar-refractivity contribution is 8.18. The van der Waals surface area contributed by atoms with E-state index in [4.69, 9.17) is 30.6 Å². The van der Waals surface area contributed by atoms with Crippen molar-refractivity contribution < 1.29 is 33.4 Å². The van der Waals surface area contributed by atoms with Gasteiger partial charge in [0, 0.05) is 5.02 Å². The summed E-state index contributed by atoms with van der Waals surface area (Å²) in [5.41, 5.74) is 1.44. The molecule has 10 heteroatoms. The van der Waals surface area contributed by atoms with Gasteiger partial charge in [-0.3, -0.25) is 14.5 Å². The predicted octanol–water partition coefficient (Wildman–Crippen LogP) is 5.46. The number of carboxylic acids is 1. The fourth-order valence-electron chi connectivity index (χ4n) is 3.17. The van der Waals surface area contributed by atoms with Gasteiger partial charge in [0.05, 0.1) is 18.6 Å². The van der Waals surface area contributed by atoms with Crippen LogP contribution in [0.15, 0.2) is 63.9 Å². The molecule has 0 bridgehead atoms. The summed E-state index contributed by atoms with van der Waals surface area (Å²) < 4.78 is 16.2. The average molecular weight is 500 g/mol. The number of aromatic carboxylic acids is 1. The number of benzene rings is 2. The number of methoxy groups -OCH3 is 1. The Labute approximate surface area is 203 Å². The highest BCUT2D eigenvalue weighted by Crippen LogP contribution is 2.35. The molecule has 1 aliphatic rings. The van der Waals surface area contributed by atoms with Crippen molar-refractivity contribution in [1.29, 1.82) is 0 Å². The Kier molecular flexibility index (Phi) is 6.95. The summed E-state index contributed by atoms with van der Waals surface area (Å²) in [4.78, 5) is 37.6. The minimum absolute atomic E-state index is 0.00652. The van der Waals surface area contributed by atoms with E-state index in [1.54, 1.807) is 48.5 Å². The number of carboxylic acid groups (broad SMARTS) is 1. The number of carbonyl (C=O) groups excluding carboxylic acids is 2. The number of amides is 2. The number of ether oxygens (including phenoxy) is 2. The second-order valence-corrected chi connectivity index (χ2v) is 8.59. The first-order valence-electron chi connectivity index (χ1n) is 9.96. The standard InChI is InChI=1S/C24H18ClNO7S/c1-31-20-10-15(4-8-18(20)32-13-17-7-9-19(33-17)23(28)29)11-21-22(27)26(24(30)34-21)12-14-2-5-16(25)6-3-14/h2-11H,12-13H2,1H3,(H,28,29). The highest BCUT2D eigenvalue weighted by atomic mass is 35.5. The van der Waals surface area contributed by atoms with Gasteiger partial charge in [0.15, 0.2) is 11.5 Å². The summed E-state index contributed by atoms with van der Waals surface area (Å²) in [6.45, 7) is 0.165. The molecule has 0 unspecified atom stereocenters. The summed E-state index contributed by atoms with van der Waals surface area (Å²) >= 11 is 6.76. The molecule has 0 spiro atoms. The van der Waals surface area contributed by atoms with Gasteiger partial charge in [-0.2, -0.15) is 0 Å². The maximum atomic E-state index is 12.8. The van der Waals surface area contributed by atoms with Gasteiger partial charge < -0.3 is 19.0 Å². The number of nitrogens with zero attached hydrogens (tertiary/aromatic N) is 1. The zero-order chi connectivity index (χ0) is 24.2. The topological polar surface area (TPSA) is 106 Å². The molecule has 0 radical (unpaired) electrons. The number of halogens is 1. The van der Waals surface area contributed by atoms with Crippen LogP contribution < -0.4 is 9.47 Å². The van der Waals surface area contributed by atoms with E-state index < -0.39 is 5.97 Å². The molecular weight excluding hydrogens is 482 g/mol. The first-order valence-corrected chi connectivity index (χ1v) is 11.2. The van der Waals surface area contributed by atoms with Gasteiger partial charge in [-0.1, -0.05) is 29.8 Å². The fraction of sp³-hybridized carbons (Fsp3) is 0.125. The molecule has 2 aromatic carbocycles. The van der Waals surface area contributed by atoms with Gasteiger partial charge in [0.2, 0.25) is 5.76 Å². The molecule has 34 heavy (non-hydrogen) atoms. The third kappa shape index (κ3) is 5.27. The van der Waals surface area contributed by atoms with E-state index in [9.17, 15) is 14.4 Å². The molecular formula is C24H18ClNO7S. The van der Waals surface area contributed by atoms with Crippen LogP contribution in [-0.2, 0) is 17.9 Å². The van der Waals surface area contributed by atoms with E-state index in [0.717, 1.165) is 17.3 Å². The SMILES string of the molecule is COc1cc(C=C2SC(=O)N(Cc3ccc(Cl)cc3)C2=O)ccc1OCc1ccc(C(=O)O)o1. The minimum atomic E-state index is -1.16. The van der Waals surface area contributed by atoms with Crippen molar-refractivity contribution in [3.8, 4) is 11.5 Å². The number of hydrogen-bond acceptors (Lipinski definition) is 7. The Hall–Kier alpha value is -3.69. The van der Waals surface area contributed by atoms with E-state index in [2.05, 4.69) is 0 Å². The molecule has 174 valence electrons. The Balaban J connectivity index is 1.46. The van der Waals surface area contributed by atoms with Gasteiger partial charge in [-0.05, 0) is 65.4 Å². The van der Waals surface area contributed by atoms with Crippen molar-refractivity contribution in [1.82, 2.24) is 4.90 Å². The third-order valence-corrected chi connectivity index (χ3v) is 6.01. The average Bonchev–Trinajstić information content (AvgIpc) is 3.40. The Morgan fingerprint density at radius 2 is 1.88 bits per heavy atom. The minimum Gasteiger partial charge on any atom is -0.493 e. The van der Waals surface area contributed by atoms with Crippen molar-refractivity contribution in [2.75, 3.05) is 7.11 Å². The van der Waals surface area contributed by atoms with E-state index in [0.29, 0.717) is 32.8 Å². The Morgan fingerprint density at radius 3 is 2.56 bits per heavy atom. The number of thioether (sulfide) groups is 1. The van der Waals surface area contributed by atoms with Gasteiger partial charge in [-0.15, -0.1) is 0 Å². The van der Waals surface area contributed by atoms with Gasteiger partial charge >= 0.3 is 5.97 Å². The van der Waals surface area contributed by atoms with Crippen LogP contribution in [0, 0.1) is 0 Å². The van der Waals surface area contributed by atoms with Crippen molar-refractivity contribution in [3.63, 3.8) is 0 Å². The van der Waals surface area contributed by atoms with Crippen LogP contribution in [-0.4, -0.2) is 34.2 Å². The predicted molar refractivity (Wildman–Crippen MR) is 126 cm³/mol. The summed E-state index contributed by atoms with van der Waals surface area (Å²) in [6, 6.07) is 14.9. The molecule has 1 aliphatic heterocycles. The molecule has 3 aromatic rings. The molecule has 2 amide bonds. The van der Waals surface area contributed by atoms with E-state index >= 15 is 0 Å². The molecule has 0 atom stereocenters. The van der Waals surface area contributed by atoms with Crippen LogP contribution in [0.3, 0.4) is 0 Å². The first-order chi connectivity index (χ1) is 16.3. The molecule has 2 heterocycles. The largest absolute Gasteiger partial charge is 0.493 e. The lowest BCUT2D eigenvalue weighted by Crippen LogP contribution is -2.27. The van der Waals surface area contributed by atoms with Crippen molar-refractivity contribution >= 4 is 46.6 Å². The highest BCUT2D eigenvalue weighted by Gasteiger charge is 2.35. The normalized spacial score (nSPS) is 14.6. The van der Waals surface area contributed by atoms with Gasteiger partial charge in [0.25, 0.3) is 11.1 Å². The molecule has 0 saturated carbocycles. The third-order valence-electron chi connectivity index (χ3n) is 4.86. The molecule has 8 nitrogen and oxygen atoms in total. The lowest BCUT2D eigenvalue weighted by Gasteiger charge is -2.12. The quantitative estimate of drug-likeness (QED) is 0.407. The van der Waals surface area contributed by atoms with Crippen LogP contribution in [0.4, 0.5) is 4.79 Å². The first kappa shape index (κ1) is 23.5. The molecule has 0 aliphatic carbocycles. The fourth-order valence-corrected chi connectivity index (χ4v) is 4.14. The Morgan fingerprint density at radius 1 is 1.12 bits per heavy atom. The Bertz CT molecular complexity index is 1280. The number of rotatable bonds is 8. The zero-order valence-corrected chi connectivity index (χ0v) is 19.4. The molecule has 1 aromatic heterocycles. The van der Waals surface area contributed by atoms with Gasteiger partial charge in [0.1, 0.15) is 12.4 Å². The monoisotopic (exact) mass is 499 g/mol. The summed E-state index contributed by atoms with van der Waals surface area (Å²) in [5.74, 6) is -0.561. The summed E-state index contributed by atoms with van der Waals surface area (Å²) in [5, 5.41) is 9.16. The van der Waals surface area contributed by atoms with E-state index in [-0.39, 0.29) is 30.1 Å². The van der Waals surface area contributed by atoms with Crippen LogP contribution in [0.1, 0.15) is 27.4 Å².